The molecule has 0 spiro atoms. The lowest BCUT2D eigenvalue weighted by Gasteiger charge is -2.29. The van der Waals surface area contributed by atoms with Gasteiger partial charge >= 0.3 is 0 Å². The first kappa shape index (κ1) is 14.3. The van der Waals surface area contributed by atoms with Crippen molar-refractivity contribution in [2.75, 3.05) is 31.1 Å². The van der Waals surface area contributed by atoms with E-state index in [0.29, 0.717) is 0 Å². The topological polar surface area (TPSA) is 32.6 Å². The molecular formula is C19H22N4. The van der Waals surface area contributed by atoms with Crippen LogP contribution >= 0.6 is 0 Å². The van der Waals surface area contributed by atoms with Crippen LogP contribution in [0.1, 0.15) is 16.8 Å². The van der Waals surface area contributed by atoms with Crippen LogP contribution in [0.4, 0.5) is 5.69 Å². The highest BCUT2D eigenvalue weighted by molar-refractivity contribution is 5.57. The number of hydrogen-bond acceptors (Lipinski definition) is 3. The molecule has 3 heterocycles. The average Bonchev–Trinajstić information content (AvgIpc) is 2.99. The number of aryl methyl sites for hydroxylation is 1. The summed E-state index contributed by atoms with van der Waals surface area (Å²) in [6.45, 7) is 6.39. The van der Waals surface area contributed by atoms with Gasteiger partial charge in [-0.1, -0.05) is 24.3 Å². The number of nitrogens with zero attached hydrogens (tertiary/aromatic N) is 3. The Morgan fingerprint density at radius 1 is 1.13 bits per heavy atom. The first-order valence-corrected chi connectivity index (χ1v) is 8.27. The Morgan fingerprint density at radius 2 is 1.96 bits per heavy atom. The molecule has 0 aliphatic carbocycles. The molecule has 2 aromatic heterocycles. The Hall–Kier alpha value is -2.33. The maximum absolute atomic E-state index is 4.83. The van der Waals surface area contributed by atoms with Gasteiger partial charge in [0.15, 0.2) is 0 Å². The zero-order valence-electron chi connectivity index (χ0n) is 13.5. The van der Waals surface area contributed by atoms with Crippen molar-refractivity contribution in [3.8, 4) is 0 Å². The van der Waals surface area contributed by atoms with E-state index in [4.69, 9.17) is 4.98 Å². The van der Waals surface area contributed by atoms with Gasteiger partial charge in [0.25, 0.3) is 0 Å². The van der Waals surface area contributed by atoms with E-state index < -0.39 is 0 Å². The van der Waals surface area contributed by atoms with Crippen LogP contribution in [0.2, 0.25) is 0 Å². The third kappa shape index (κ3) is 2.94. The number of benzene rings is 1. The zero-order chi connectivity index (χ0) is 15.6. The molecule has 4 nitrogen and oxygen atoms in total. The largest absolute Gasteiger partial charge is 0.369 e. The van der Waals surface area contributed by atoms with E-state index >= 15 is 0 Å². The van der Waals surface area contributed by atoms with Crippen LogP contribution < -0.4 is 10.2 Å². The van der Waals surface area contributed by atoms with E-state index in [1.54, 1.807) is 0 Å². The molecular weight excluding hydrogens is 284 g/mol. The third-order valence-corrected chi connectivity index (χ3v) is 4.61. The molecule has 4 heteroatoms. The van der Waals surface area contributed by atoms with Crippen LogP contribution in [0.5, 0.6) is 0 Å². The molecule has 0 radical (unpaired) electrons. The Bertz CT molecular complexity index is 815. The van der Waals surface area contributed by atoms with Crippen LogP contribution in [0.25, 0.3) is 5.65 Å². The average molecular weight is 306 g/mol. The lowest BCUT2D eigenvalue weighted by molar-refractivity contribution is 0.589. The first-order valence-electron chi connectivity index (χ1n) is 8.27. The highest BCUT2D eigenvalue weighted by Crippen LogP contribution is 2.19. The molecule has 4 rings (SSSR count). The molecule has 0 saturated carbocycles. The van der Waals surface area contributed by atoms with Crippen molar-refractivity contribution in [1.29, 1.82) is 0 Å². The van der Waals surface area contributed by atoms with E-state index in [2.05, 4.69) is 70.3 Å². The second-order valence-corrected chi connectivity index (χ2v) is 6.22. The Kier molecular flexibility index (Phi) is 3.75. The summed E-state index contributed by atoms with van der Waals surface area (Å²) in [6.07, 6.45) is 5.15. The minimum Gasteiger partial charge on any atom is -0.369 e. The van der Waals surface area contributed by atoms with Crippen molar-refractivity contribution >= 4 is 11.3 Å². The van der Waals surface area contributed by atoms with Gasteiger partial charge in [-0.25, -0.2) is 4.98 Å². The summed E-state index contributed by atoms with van der Waals surface area (Å²) >= 11 is 0. The fraction of sp³-hybridized carbons (Fsp3) is 0.316. The smallest absolute Gasteiger partial charge is 0.139 e. The number of aromatic nitrogens is 2. The number of piperazine rings is 1. The number of nitrogens with one attached hydrogen (secondary N) is 1. The summed E-state index contributed by atoms with van der Waals surface area (Å²) in [7, 11) is 0. The Balaban J connectivity index is 1.61. The first-order chi connectivity index (χ1) is 11.3. The van der Waals surface area contributed by atoms with Crippen molar-refractivity contribution in [2.45, 2.75) is 13.3 Å². The number of fused-ring (bicyclic) bond motifs is 1. The minimum absolute atomic E-state index is 0.886. The molecule has 0 amide bonds. The third-order valence-electron chi connectivity index (χ3n) is 4.61. The number of imidazole rings is 1. The summed E-state index contributed by atoms with van der Waals surface area (Å²) < 4.78 is 2.12. The second kappa shape index (κ2) is 6.05. The second-order valence-electron chi connectivity index (χ2n) is 6.22. The maximum atomic E-state index is 4.83. The van der Waals surface area contributed by atoms with Crippen molar-refractivity contribution < 1.29 is 0 Å². The molecule has 3 aromatic rings. The number of hydrogen-bond donors (Lipinski definition) is 1. The number of pyridine rings is 1. The summed E-state index contributed by atoms with van der Waals surface area (Å²) in [5.41, 5.74) is 6.10. The van der Waals surface area contributed by atoms with E-state index in [1.165, 1.54) is 16.8 Å². The molecule has 1 saturated heterocycles. The lowest BCUT2D eigenvalue weighted by Crippen LogP contribution is -2.43. The summed E-state index contributed by atoms with van der Waals surface area (Å²) in [5.74, 6) is 0. The Labute approximate surface area is 136 Å². The summed E-state index contributed by atoms with van der Waals surface area (Å²) in [4.78, 5) is 7.25. The van der Waals surface area contributed by atoms with Crippen LogP contribution in [0.15, 0.2) is 48.8 Å². The van der Waals surface area contributed by atoms with Gasteiger partial charge in [-0.2, -0.15) is 0 Å². The number of rotatable bonds is 3. The van der Waals surface area contributed by atoms with Crippen molar-refractivity contribution in [3.63, 3.8) is 0 Å². The van der Waals surface area contributed by atoms with Gasteiger partial charge in [-0.3, -0.25) is 0 Å². The fourth-order valence-corrected chi connectivity index (χ4v) is 3.23. The highest BCUT2D eigenvalue weighted by atomic mass is 15.2. The quantitative estimate of drug-likeness (QED) is 0.807. The van der Waals surface area contributed by atoms with Gasteiger partial charge < -0.3 is 14.6 Å². The van der Waals surface area contributed by atoms with Gasteiger partial charge in [0.2, 0.25) is 0 Å². The minimum atomic E-state index is 0.886. The van der Waals surface area contributed by atoms with Gasteiger partial charge in [0.05, 0.1) is 5.69 Å². The predicted octanol–water partition coefficient (Wildman–Crippen LogP) is 2.64. The molecule has 0 unspecified atom stereocenters. The predicted molar refractivity (Wildman–Crippen MR) is 94.3 cm³/mol. The molecule has 0 bridgehead atoms. The monoisotopic (exact) mass is 306 g/mol. The lowest BCUT2D eigenvalue weighted by atomic mass is 10.0. The van der Waals surface area contributed by atoms with Crippen molar-refractivity contribution in [1.82, 2.24) is 14.7 Å². The van der Waals surface area contributed by atoms with Gasteiger partial charge in [-0.15, -0.1) is 0 Å². The van der Waals surface area contributed by atoms with Crippen molar-refractivity contribution in [2.24, 2.45) is 0 Å². The van der Waals surface area contributed by atoms with Crippen LogP contribution in [-0.2, 0) is 6.42 Å². The van der Waals surface area contributed by atoms with Crippen LogP contribution in [-0.4, -0.2) is 35.6 Å². The fourth-order valence-electron chi connectivity index (χ4n) is 3.23. The summed E-state index contributed by atoms with van der Waals surface area (Å²) in [5, 5.41) is 3.40. The molecule has 1 fully saturated rings. The Morgan fingerprint density at radius 3 is 2.78 bits per heavy atom. The number of anilines is 1. The van der Waals surface area contributed by atoms with E-state index in [-0.39, 0.29) is 0 Å². The molecule has 1 aromatic carbocycles. The molecule has 1 aliphatic rings. The van der Waals surface area contributed by atoms with Gasteiger partial charge in [0, 0.05) is 56.7 Å². The SMILES string of the molecule is Cc1ccccc1Cc1cn2ccc(N3CCNCC3)cc2n1. The molecule has 1 aliphatic heterocycles. The normalized spacial score (nSPS) is 15.3. The van der Waals surface area contributed by atoms with Gasteiger partial charge in [0.1, 0.15) is 5.65 Å². The van der Waals surface area contributed by atoms with E-state index in [9.17, 15) is 0 Å². The van der Waals surface area contributed by atoms with Crippen molar-refractivity contribution in [3.05, 3.63) is 65.6 Å². The standard InChI is InChI=1S/C19H22N4/c1-15-4-2-3-5-16(15)12-17-14-23-9-6-18(13-19(23)21-17)22-10-7-20-8-11-22/h2-6,9,13-14,20H,7-8,10-12H2,1H3. The van der Waals surface area contributed by atoms with E-state index in [1.807, 2.05) is 0 Å². The van der Waals surface area contributed by atoms with E-state index in [0.717, 1.165) is 43.9 Å². The summed E-state index contributed by atoms with van der Waals surface area (Å²) in [6, 6.07) is 12.9. The molecule has 0 atom stereocenters. The van der Waals surface area contributed by atoms with Crippen LogP contribution in [0, 0.1) is 6.92 Å². The highest BCUT2D eigenvalue weighted by Gasteiger charge is 2.12. The molecule has 118 valence electrons. The molecule has 1 N–H and O–H groups in total. The van der Waals surface area contributed by atoms with Gasteiger partial charge in [-0.05, 0) is 24.1 Å². The molecule has 23 heavy (non-hydrogen) atoms. The van der Waals surface area contributed by atoms with Crippen LogP contribution in [0.3, 0.4) is 0 Å². The zero-order valence-corrected chi connectivity index (χ0v) is 13.5. The maximum Gasteiger partial charge on any atom is 0.139 e.